The summed E-state index contributed by atoms with van der Waals surface area (Å²) >= 11 is 0. The van der Waals surface area contributed by atoms with E-state index in [1.165, 1.54) is 0 Å². The van der Waals surface area contributed by atoms with Crippen molar-refractivity contribution in [2.24, 2.45) is 17.6 Å². The van der Waals surface area contributed by atoms with Gasteiger partial charge in [0.1, 0.15) is 5.75 Å². The number of Topliss-reactive ketones (excluding diaryl/α,β-unsaturated/α-hetero) is 1. The van der Waals surface area contributed by atoms with E-state index in [0.29, 0.717) is 13.1 Å². The Balaban J connectivity index is 1.54. The van der Waals surface area contributed by atoms with Crippen molar-refractivity contribution in [1.29, 1.82) is 0 Å². The zero-order valence-electron chi connectivity index (χ0n) is 14.2. The predicted octanol–water partition coefficient (Wildman–Crippen LogP) is 2.24. The van der Waals surface area contributed by atoms with Crippen LogP contribution in [-0.4, -0.2) is 42.8 Å². The van der Waals surface area contributed by atoms with E-state index in [0.717, 1.165) is 43.4 Å². The predicted molar refractivity (Wildman–Crippen MR) is 91.9 cm³/mol. The highest BCUT2D eigenvalue weighted by molar-refractivity contribution is 5.98. The van der Waals surface area contributed by atoms with E-state index in [-0.39, 0.29) is 29.6 Å². The molecule has 2 unspecified atom stereocenters. The number of nitrogens with two attached hydrogens (primary N) is 1. The van der Waals surface area contributed by atoms with Gasteiger partial charge in [0.2, 0.25) is 5.91 Å². The lowest BCUT2D eigenvalue weighted by Gasteiger charge is -2.33. The van der Waals surface area contributed by atoms with Crippen LogP contribution in [0.4, 0.5) is 0 Å². The van der Waals surface area contributed by atoms with Crippen LogP contribution in [0.2, 0.25) is 0 Å². The van der Waals surface area contributed by atoms with Crippen molar-refractivity contribution in [3.8, 4) is 5.75 Å². The number of likely N-dealkylation sites (tertiary alicyclic amines) is 1. The smallest absolute Gasteiger partial charge is 0.225 e. The number of hydrogen-bond donors (Lipinski definition) is 1. The third kappa shape index (κ3) is 3.61. The average Bonchev–Trinajstić information content (AvgIpc) is 3.07. The number of ketones is 1. The Morgan fingerprint density at radius 2 is 1.71 bits per heavy atom. The maximum atomic E-state index is 12.6. The van der Waals surface area contributed by atoms with Crippen LogP contribution in [0.1, 0.15) is 42.5 Å². The van der Waals surface area contributed by atoms with Gasteiger partial charge < -0.3 is 15.4 Å². The number of hydrogen-bond acceptors (Lipinski definition) is 4. The molecule has 0 bridgehead atoms. The molecule has 0 radical (unpaired) electrons. The summed E-state index contributed by atoms with van der Waals surface area (Å²) in [6, 6.07) is 7.44. The summed E-state index contributed by atoms with van der Waals surface area (Å²) in [5, 5.41) is 0. The Kier molecular flexibility index (Phi) is 5.19. The number of methoxy groups -OCH3 is 1. The maximum absolute atomic E-state index is 12.6. The monoisotopic (exact) mass is 330 g/mol. The number of rotatable bonds is 4. The Morgan fingerprint density at radius 3 is 2.25 bits per heavy atom. The Bertz CT molecular complexity index is 591. The second-order valence-corrected chi connectivity index (χ2v) is 6.96. The van der Waals surface area contributed by atoms with E-state index in [1.54, 1.807) is 7.11 Å². The molecule has 1 saturated carbocycles. The van der Waals surface area contributed by atoms with Crippen LogP contribution >= 0.6 is 0 Å². The van der Waals surface area contributed by atoms with E-state index in [1.807, 2.05) is 29.2 Å². The van der Waals surface area contributed by atoms with Crippen LogP contribution < -0.4 is 10.5 Å². The first-order chi connectivity index (χ1) is 11.6. The van der Waals surface area contributed by atoms with Gasteiger partial charge in [-0.15, -0.1) is 0 Å². The molecular formula is C19H26N2O3. The Hall–Kier alpha value is -1.88. The van der Waals surface area contributed by atoms with Crippen LogP contribution in [0, 0.1) is 11.8 Å². The van der Waals surface area contributed by atoms with Gasteiger partial charge in [-0.3, -0.25) is 9.59 Å². The lowest BCUT2D eigenvalue weighted by atomic mass is 9.88. The van der Waals surface area contributed by atoms with Crippen LogP contribution in [0.5, 0.6) is 5.75 Å². The highest BCUT2D eigenvalue weighted by Crippen LogP contribution is 2.29. The number of amides is 1. The van der Waals surface area contributed by atoms with E-state index < -0.39 is 0 Å². The van der Waals surface area contributed by atoms with Gasteiger partial charge in [0, 0.05) is 36.5 Å². The van der Waals surface area contributed by atoms with Gasteiger partial charge >= 0.3 is 0 Å². The fourth-order valence-electron chi connectivity index (χ4n) is 3.85. The van der Waals surface area contributed by atoms with E-state index >= 15 is 0 Å². The number of nitrogens with zero attached hydrogens (tertiary/aromatic N) is 1. The molecule has 0 aromatic heterocycles. The largest absolute Gasteiger partial charge is 0.497 e. The molecule has 1 aliphatic heterocycles. The standard InChI is InChI=1S/C19H26N2O3/c1-24-17-6-3-13(4-7-17)18(22)14-8-10-21(11-9-14)19(23)15-2-5-16(20)12-15/h3-4,6-7,14-16H,2,5,8-12,20H2,1H3. The molecule has 5 heteroatoms. The Labute approximate surface area is 143 Å². The molecule has 3 rings (SSSR count). The molecule has 24 heavy (non-hydrogen) atoms. The highest BCUT2D eigenvalue weighted by Gasteiger charge is 2.34. The molecule has 1 amide bonds. The summed E-state index contributed by atoms with van der Waals surface area (Å²) in [4.78, 5) is 27.1. The SMILES string of the molecule is COc1ccc(C(=O)C2CCN(C(=O)C3CCC(N)C3)CC2)cc1. The second-order valence-electron chi connectivity index (χ2n) is 6.96. The van der Waals surface area contributed by atoms with Gasteiger partial charge in [0.05, 0.1) is 7.11 Å². The molecule has 1 aromatic carbocycles. The van der Waals surface area contributed by atoms with Crippen molar-refractivity contribution < 1.29 is 14.3 Å². The second kappa shape index (κ2) is 7.34. The minimum atomic E-state index is 0.00767. The van der Waals surface area contributed by atoms with Crippen molar-refractivity contribution in [3.05, 3.63) is 29.8 Å². The molecule has 2 fully saturated rings. The van der Waals surface area contributed by atoms with Gasteiger partial charge in [0.15, 0.2) is 5.78 Å². The first-order valence-electron chi connectivity index (χ1n) is 8.81. The van der Waals surface area contributed by atoms with Crippen LogP contribution in [0.3, 0.4) is 0 Å². The average molecular weight is 330 g/mol. The molecule has 2 aliphatic rings. The quantitative estimate of drug-likeness (QED) is 0.860. The zero-order chi connectivity index (χ0) is 17.1. The molecule has 2 N–H and O–H groups in total. The minimum Gasteiger partial charge on any atom is -0.497 e. The first kappa shape index (κ1) is 17.0. The number of benzene rings is 1. The van der Waals surface area contributed by atoms with Crippen LogP contribution in [-0.2, 0) is 4.79 Å². The third-order valence-electron chi connectivity index (χ3n) is 5.37. The fraction of sp³-hybridized carbons (Fsp3) is 0.579. The molecule has 5 nitrogen and oxygen atoms in total. The van der Waals surface area contributed by atoms with Gasteiger partial charge in [-0.05, 0) is 56.4 Å². The lowest BCUT2D eigenvalue weighted by Crippen LogP contribution is -2.43. The summed E-state index contributed by atoms with van der Waals surface area (Å²) in [6.07, 6.45) is 4.15. The summed E-state index contributed by atoms with van der Waals surface area (Å²) in [5.41, 5.74) is 6.64. The lowest BCUT2D eigenvalue weighted by molar-refractivity contribution is -0.136. The number of ether oxygens (including phenoxy) is 1. The molecule has 1 heterocycles. The molecule has 130 valence electrons. The van der Waals surface area contributed by atoms with Crippen LogP contribution in [0.25, 0.3) is 0 Å². The molecule has 2 atom stereocenters. The highest BCUT2D eigenvalue weighted by atomic mass is 16.5. The maximum Gasteiger partial charge on any atom is 0.225 e. The van der Waals surface area contributed by atoms with Crippen LogP contribution in [0.15, 0.2) is 24.3 Å². The number of piperidine rings is 1. The topological polar surface area (TPSA) is 72.6 Å². The molecule has 1 aromatic rings. The minimum absolute atomic E-state index is 0.00767. The summed E-state index contributed by atoms with van der Waals surface area (Å²) in [7, 11) is 1.61. The van der Waals surface area contributed by atoms with Gasteiger partial charge in [-0.2, -0.15) is 0 Å². The van der Waals surface area contributed by atoms with E-state index in [4.69, 9.17) is 10.5 Å². The van der Waals surface area contributed by atoms with Gasteiger partial charge in [-0.25, -0.2) is 0 Å². The van der Waals surface area contributed by atoms with Crippen molar-refractivity contribution >= 4 is 11.7 Å². The molecule has 1 aliphatic carbocycles. The van der Waals surface area contributed by atoms with Gasteiger partial charge in [-0.1, -0.05) is 0 Å². The summed E-state index contributed by atoms with van der Waals surface area (Å²) < 4.78 is 5.13. The van der Waals surface area contributed by atoms with Crippen molar-refractivity contribution in [2.75, 3.05) is 20.2 Å². The van der Waals surface area contributed by atoms with Gasteiger partial charge in [0.25, 0.3) is 0 Å². The zero-order valence-corrected chi connectivity index (χ0v) is 14.2. The summed E-state index contributed by atoms with van der Waals surface area (Å²) in [6.45, 7) is 1.36. The number of carbonyl (C=O) groups excluding carboxylic acids is 2. The molecule has 0 spiro atoms. The third-order valence-corrected chi connectivity index (χ3v) is 5.37. The van der Waals surface area contributed by atoms with Crippen molar-refractivity contribution in [1.82, 2.24) is 4.90 Å². The van der Waals surface area contributed by atoms with Crippen molar-refractivity contribution in [2.45, 2.75) is 38.1 Å². The van der Waals surface area contributed by atoms with Crippen molar-refractivity contribution in [3.63, 3.8) is 0 Å². The first-order valence-corrected chi connectivity index (χ1v) is 8.81. The van der Waals surface area contributed by atoms with E-state index in [2.05, 4.69) is 0 Å². The summed E-state index contributed by atoms with van der Waals surface area (Å²) in [5.74, 6) is 1.26. The molecule has 1 saturated heterocycles. The number of carbonyl (C=O) groups is 2. The Morgan fingerprint density at radius 1 is 1.04 bits per heavy atom. The van der Waals surface area contributed by atoms with E-state index in [9.17, 15) is 9.59 Å². The normalized spacial score (nSPS) is 24.8. The molecular weight excluding hydrogens is 304 g/mol. The fourth-order valence-corrected chi connectivity index (χ4v) is 3.85.